The molecule has 0 saturated carbocycles. The molecule has 2 rings (SSSR count). The molecule has 0 aliphatic carbocycles. The van der Waals surface area contributed by atoms with E-state index >= 15 is 0 Å². The van der Waals surface area contributed by atoms with Crippen molar-refractivity contribution < 1.29 is 9.90 Å². The van der Waals surface area contributed by atoms with Crippen LogP contribution in [-0.4, -0.2) is 35.1 Å². The Morgan fingerprint density at radius 1 is 1.19 bits per heavy atom. The molecular weight excluding hydrogens is 262 g/mol. The third kappa shape index (κ3) is 3.85. The van der Waals surface area contributed by atoms with Crippen LogP contribution < -0.4 is 0 Å². The summed E-state index contributed by atoms with van der Waals surface area (Å²) in [5.41, 5.74) is 2.05. The molecule has 0 aromatic heterocycles. The Kier molecular flexibility index (Phi) is 5.04. The number of rotatable bonds is 2. The van der Waals surface area contributed by atoms with Crippen LogP contribution in [0.2, 0.25) is 0 Å². The second-order valence-electron chi connectivity index (χ2n) is 7.01. The lowest BCUT2D eigenvalue weighted by atomic mass is 9.86. The van der Waals surface area contributed by atoms with Crippen LogP contribution in [0, 0.1) is 0 Å². The van der Waals surface area contributed by atoms with Gasteiger partial charge in [0, 0.05) is 12.1 Å². The summed E-state index contributed by atoms with van der Waals surface area (Å²) in [7, 11) is 0. The number of amides is 1. The lowest BCUT2D eigenvalue weighted by Gasteiger charge is -2.29. The normalized spacial score (nSPS) is 20.2. The predicted octanol–water partition coefficient (Wildman–Crippen LogP) is 3.36. The van der Waals surface area contributed by atoms with E-state index in [1.807, 2.05) is 29.2 Å². The summed E-state index contributed by atoms with van der Waals surface area (Å²) in [5, 5.41) is 9.54. The Bertz CT molecular complexity index is 473. The van der Waals surface area contributed by atoms with Crippen molar-refractivity contribution in [1.82, 2.24) is 4.90 Å². The van der Waals surface area contributed by atoms with Gasteiger partial charge in [-0.05, 0) is 36.0 Å². The maximum absolute atomic E-state index is 12.7. The first kappa shape index (κ1) is 16.0. The number of carbonyl (C=O) groups is 1. The van der Waals surface area contributed by atoms with Crippen molar-refractivity contribution in [2.75, 3.05) is 13.2 Å². The molecule has 1 heterocycles. The Labute approximate surface area is 128 Å². The Balaban J connectivity index is 2.18. The monoisotopic (exact) mass is 289 g/mol. The van der Waals surface area contributed by atoms with Crippen molar-refractivity contribution in [1.29, 1.82) is 0 Å². The highest BCUT2D eigenvalue weighted by molar-refractivity contribution is 5.94. The standard InChI is InChI=1S/C18H27NO2/c1-18(2,3)15-10-8-14(9-11-15)17(21)19-12-6-4-5-7-16(19)13-20/h8-11,16,20H,4-7,12-13H2,1-3H3. The molecule has 0 bridgehead atoms. The van der Waals surface area contributed by atoms with E-state index in [9.17, 15) is 9.90 Å². The van der Waals surface area contributed by atoms with Gasteiger partial charge < -0.3 is 10.0 Å². The minimum absolute atomic E-state index is 0.0257. The van der Waals surface area contributed by atoms with E-state index in [0.29, 0.717) is 0 Å². The molecule has 1 N–H and O–H groups in total. The Hall–Kier alpha value is -1.35. The van der Waals surface area contributed by atoms with E-state index < -0.39 is 0 Å². The van der Waals surface area contributed by atoms with Crippen molar-refractivity contribution in [3.63, 3.8) is 0 Å². The fraction of sp³-hybridized carbons (Fsp3) is 0.611. The molecule has 1 aromatic carbocycles. The van der Waals surface area contributed by atoms with Crippen LogP contribution in [0.4, 0.5) is 0 Å². The smallest absolute Gasteiger partial charge is 0.254 e. The van der Waals surface area contributed by atoms with E-state index in [-0.39, 0.29) is 24.0 Å². The van der Waals surface area contributed by atoms with E-state index in [1.165, 1.54) is 5.56 Å². The molecule has 116 valence electrons. The molecule has 1 amide bonds. The minimum atomic E-state index is -0.0257. The number of benzene rings is 1. The zero-order chi connectivity index (χ0) is 15.5. The van der Waals surface area contributed by atoms with Crippen LogP contribution >= 0.6 is 0 Å². The molecule has 0 radical (unpaired) electrons. The first-order valence-corrected chi connectivity index (χ1v) is 7.96. The van der Waals surface area contributed by atoms with Gasteiger partial charge in [0.05, 0.1) is 12.6 Å². The van der Waals surface area contributed by atoms with Crippen LogP contribution in [0.25, 0.3) is 0 Å². The van der Waals surface area contributed by atoms with Gasteiger partial charge >= 0.3 is 0 Å². The number of aliphatic hydroxyl groups excluding tert-OH is 1. The van der Waals surface area contributed by atoms with Gasteiger partial charge in [-0.15, -0.1) is 0 Å². The fourth-order valence-electron chi connectivity index (χ4n) is 2.91. The van der Waals surface area contributed by atoms with Crippen LogP contribution in [0.15, 0.2) is 24.3 Å². The SMILES string of the molecule is CC(C)(C)c1ccc(C(=O)N2CCCCCC2CO)cc1. The highest BCUT2D eigenvalue weighted by Gasteiger charge is 2.26. The minimum Gasteiger partial charge on any atom is -0.394 e. The highest BCUT2D eigenvalue weighted by atomic mass is 16.3. The molecule has 1 saturated heterocycles. The lowest BCUT2D eigenvalue weighted by Crippen LogP contribution is -2.42. The summed E-state index contributed by atoms with van der Waals surface area (Å²) in [4.78, 5) is 14.6. The first-order valence-electron chi connectivity index (χ1n) is 7.96. The van der Waals surface area contributed by atoms with Gasteiger partial charge in [0.1, 0.15) is 0 Å². The topological polar surface area (TPSA) is 40.5 Å². The average molecular weight is 289 g/mol. The van der Waals surface area contributed by atoms with Crippen LogP contribution in [0.5, 0.6) is 0 Å². The van der Waals surface area contributed by atoms with Gasteiger partial charge in [-0.3, -0.25) is 4.79 Å². The number of carbonyl (C=O) groups excluding carboxylic acids is 1. The van der Waals surface area contributed by atoms with E-state index in [2.05, 4.69) is 20.8 Å². The van der Waals surface area contributed by atoms with Gasteiger partial charge in [-0.2, -0.15) is 0 Å². The number of aliphatic hydroxyl groups is 1. The van der Waals surface area contributed by atoms with E-state index in [1.54, 1.807) is 0 Å². The Morgan fingerprint density at radius 2 is 1.86 bits per heavy atom. The highest BCUT2D eigenvalue weighted by Crippen LogP contribution is 2.24. The molecule has 1 aliphatic rings. The average Bonchev–Trinajstić information content (AvgIpc) is 2.70. The maximum Gasteiger partial charge on any atom is 0.254 e. The third-order valence-electron chi connectivity index (χ3n) is 4.35. The molecule has 3 nitrogen and oxygen atoms in total. The number of likely N-dealkylation sites (tertiary alicyclic amines) is 1. The number of nitrogens with zero attached hydrogens (tertiary/aromatic N) is 1. The molecular formula is C18H27NO2. The van der Waals surface area contributed by atoms with Crippen molar-refractivity contribution >= 4 is 5.91 Å². The second-order valence-corrected chi connectivity index (χ2v) is 7.01. The summed E-state index contributed by atoms with van der Waals surface area (Å²) in [5.74, 6) is 0.0522. The van der Waals surface area contributed by atoms with Gasteiger partial charge in [0.15, 0.2) is 0 Å². The van der Waals surface area contributed by atoms with Gasteiger partial charge in [0.25, 0.3) is 5.91 Å². The Morgan fingerprint density at radius 3 is 2.43 bits per heavy atom. The zero-order valence-corrected chi connectivity index (χ0v) is 13.4. The van der Waals surface area contributed by atoms with E-state index in [4.69, 9.17) is 0 Å². The summed E-state index contributed by atoms with van der Waals surface area (Å²) >= 11 is 0. The number of hydrogen-bond donors (Lipinski definition) is 1. The summed E-state index contributed by atoms with van der Waals surface area (Å²) in [6, 6.07) is 7.89. The van der Waals surface area contributed by atoms with Gasteiger partial charge in [0.2, 0.25) is 0 Å². The fourth-order valence-corrected chi connectivity index (χ4v) is 2.91. The van der Waals surface area contributed by atoms with E-state index in [0.717, 1.165) is 37.8 Å². The largest absolute Gasteiger partial charge is 0.394 e. The second kappa shape index (κ2) is 6.61. The first-order chi connectivity index (χ1) is 9.93. The molecule has 1 aliphatic heterocycles. The predicted molar refractivity (Wildman–Crippen MR) is 85.5 cm³/mol. The summed E-state index contributed by atoms with van der Waals surface area (Å²) in [6.07, 6.45) is 4.17. The molecule has 0 spiro atoms. The molecule has 1 atom stereocenters. The van der Waals surface area contributed by atoms with Crippen molar-refractivity contribution in [3.8, 4) is 0 Å². The summed E-state index contributed by atoms with van der Waals surface area (Å²) < 4.78 is 0. The lowest BCUT2D eigenvalue weighted by molar-refractivity contribution is 0.0600. The van der Waals surface area contributed by atoms with Crippen LogP contribution in [-0.2, 0) is 5.41 Å². The van der Waals surface area contributed by atoms with Gasteiger partial charge in [-0.25, -0.2) is 0 Å². The van der Waals surface area contributed by atoms with Crippen molar-refractivity contribution in [2.24, 2.45) is 0 Å². The molecule has 1 fully saturated rings. The van der Waals surface area contributed by atoms with Crippen molar-refractivity contribution in [3.05, 3.63) is 35.4 Å². The molecule has 21 heavy (non-hydrogen) atoms. The van der Waals surface area contributed by atoms with Crippen LogP contribution in [0.1, 0.15) is 62.4 Å². The maximum atomic E-state index is 12.7. The van der Waals surface area contributed by atoms with Gasteiger partial charge in [-0.1, -0.05) is 45.7 Å². The zero-order valence-electron chi connectivity index (χ0n) is 13.4. The van der Waals surface area contributed by atoms with Crippen molar-refractivity contribution in [2.45, 2.75) is 57.9 Å². The quantitative estimate of drug-likeness (QED) is 0.907. The molecule has 1 unspecified atom stereocenters. The third-order valence-corrected chi connectivity index (χ3v) is 4.35. The molecule has 1 aromatic rings. The number of hydrogen-bond acceptors (Lipinski definition) is 2. The summed E-state index contributed by atoms with van der Waals surface area (Å²) in [6.45, 7) is 7.32. The molecule has 3 heteroatoms. The van der Waals surface area contributed by atoms with Crippen LogP contribution in [0.3, 0.4) is 0 Å².